The summed E-state index contributed by atoms with van der Waals surface area (Å²) in [4.78, 5) is 30.4. The minimum atomic E-state index is -1.02. The number of hydrogen-bond donors (Lipinski definition) is 0. The van der Waals surface area contributed by atoms with E-state index >= 15 is 9.59 Å². The van der Waals surface area contributed by atoms with Crippen LogP contribution in [0, 0.1) is 57.7 Å². The fourth-order valence-electron chi connectivity index (χ4n) is 12.7. The molecule has 6 aliphatic carbocycles. The molecule has 240 valence electrons. The van der Waals surface area contributed by atoms with Crippen LogP contribution in [0.15, 0.2) is 24.3 Å². The molecular weight excluding hydrogens is 552 g/mol. The number of methoxy groups -OCH3 is 1. The molecule has 6 heteroatoms. The highest BCUT2D eigenvalue weighted by Crippen LogP contribution is 3.00. The molecule has 0 amide bonds. The van der Waals surface area contributed by atoms with Gasteiger partial charge in [-0.15, -0.1) is 0 Å². The summed E-state index contributed by atoms with van der Waals surface area (Å²) >= 11 is 0. The molecule has 1 aromatic carbocycles. The summed E-state index contributed by atoms with van der Waals surface area (Å²) in [5, 5.41) is 0. The highest BCUT2D eigenvalue weighted by molar-refractivity contribution is 6.00. The van der Waals surface area contributed by atoms with Crippen molar-refractivity contribution in [3.05, 3.63) is 35.4 Å². The Kier molecular flexibility index (Phi) is 6.56. The van der Waals surface area contributed by atoms with Crippen molar-refractivity contribution in [2.45, 2.75) is 116 Å². The van der Waals surface area contributed by atoms with E-state index in [1.807, 2.05) is 0 Å². The summed E-state index contributed by atoms with van der Waals surface area (Å²) in [5.74, 6) is 1.69. The Morgan fingerprint density at radius 3 is 1.93 bits per heavy atom. The van der Waals surface area contributed by atoms with Crippen LogP contribution >= 0.6 is 0 Å². The van der Waals surface area contributed by atoms with Gasteiger partial charge in [0.15, 0.2) is 0 Å². The first kappa shape index (κ1) is 29.5. The van der Waals surface area contributed by atoms with Crippen molar-refractivity contribution in [3.63, 3.8) is 0 Å². The topological polar surface area (TPSA) is 71.1 Å². The van der Waals surface area contributed by atoms with Crippen molar-refractivity contribution in [1.29, 1.82) is 0 Å². The molecule has 0 aromatic heterocycles. The average molecular weight is 605 g/mol. The molecule has 0 N–H and O–H groups in total. The van der Waals surface area contributed by atoms with Gasteiger partial charge in [0.05, 0.1) is 18.8 Å². The number of esters is 2. The molecule has 14 atom stereocenters. The van der Waals surface area contributed by atoms with Gasteiger partial charge in [-0.1, -0.05) is 78.6 Å². The predicted octanol–water partition coefficient (Wildman–Crippen LogP) is 6.91. The monoisotopic (exact) mass is 604 g/mol. The van der Waals surface area contributed by atoms with Crippen LogP contribution in [0.3, 0.4) is 0 Å². The van der Waals surface area contributed by atoms with E-state index in [1.165, 1.54) is 24.0 Å². The molecule has 8 rings (SSSR count). The van der Waals surface area contributed by atoms with Gasteiger partial charge < -0.3 is 18.9 Å². The van der Waals surface area contributed by atoms with Gasteiger partial charge in [-0.25, -0.2) is 0 Å². The first-order valence-corrected chi connectivity index (χ1v) is 17.7. The average Bonchev–Trinajstić information content (AvgIpc) is 3.14. The lowest BCUT2D eigenvalue weighted by atomic mass is 9.10. The summed E-state index contributed by atoms with van der Waals surface area (Å²) in [7, 11) is 1.72. The first-order valence-electron chi connectivity index (χ1n) is 17.7. The third-order valence-electron chi connectivity index (χ3n) is 14.3. The summed E-state index contributed by atoms with van der Waals surface area (Å²) in [6, 6.07) is 8.48. The van der Waals surface area contributed by atoms with E-state index in [9.17, 15) is 0 Å². The van der Waals surface area contributed by atoms with E-state index < -0.39 is 16.2 Å². The quantitative estimate of drug-likeness (QED) is 0.301. The van der Waals surface area contributed by atoms with Gasteiger partial charge in [0.25, 0.3) is 0 Å². The van der Waals surface area contributed by atoms with Crippen molar-refractivity contribution < 1.29 is 28.5 Å². The van der Waals surface area contributed by atoms with E-state index in [0.717, 1.165) is 25.7 Å². The number of fused-ring (bicyclic) bond motifs is 5. The normalized spacial score (nSPS) is 49.0. The highest BCUT2D eigenvalue weighted by Gasteiger charge is 3.08. The molecule has 1 aliphatic heterocycles. The maximum absolute atomic E-state index is 15.3. The van der Waals surface area contributed by atoms with Crippen LogP contribution < -0.4 is 0 Å². The molecule has 1 saturated heterocycles. The second-order valence-corrected chi connectivity index (χ2v) is 16.8. The molecular formula is C38H52O6. The molecule has 5 saturated carbocycles. The molecule has 6 fully saturated rings. The Balaban J connectivity index is 1.25. The van der Waals surface area contributed by atoms with E-state index in [0.29, 0.717) is 42.1 Å². The zero-order valence-electron chi connectivity index (χ0n) is 27.7. The summed E-state index contributed by atoms with van der Waals surface area (Å²) in [5.41, 5.74) is -0.197. The number of hydrogen-bond acceptors (Lipinski definition) is 6. The van der Waals surface area contributed by atoms with Crippen molar-refractivity contribution in [1.82, 2.24) is 0 Å². The molecule has 44 heavy (non-hydrogen) atoms. The third-order valence-corrected chi connectivity index (χ3v) is 14.3. The van der Waals surface area contributed by atoms with E-state index in [-0.39, 0.29) is 54.1 Å². The Morgan fingerprint density at radius 2 is 1.39 bits per heavy atom. The Hall–Kier alpha value is -1.92. The Morgan fingerprint density at radius 1 is 0.841 bits per heavy atom. The predicted molar refractivity (Wildman–Crippen MR) is 166 cm³/mol. The van der Waals surface area contributed by atoms with Crippen LogP contribution in [0.25, 0.3) is 0 Å². The summed E-state index contributed by atoms with van der Waals surface area (Å²) < 4.78 is 26.4. The highest BCUT2D eigenvalue weighted by atomic mass is 16.6. The number of carbonyl (C=O) groups excluding carboxylic acids is 2. The molecule has 6 nitrogen and oxygen atoms in total. The maximum atomic E-state index is 15.3. The van der Waals surface area contributed by atoms with Crippen LogP contribution in [0.5, 0.6) is 0 Å². The number of benzene rings is 1. The smallest absolute Gasteiger partial charge is 0.315 e. The second kappa shape index (κ2) is 9.80. The van der Waals surface area contributed by atoms with Crippen molar-refractivity contribution >= 4 is 11.9 Å². The lowest BCUT2D eigenvalue weighted by molar-refractivity contribution is -0.387. The lowest BCUT2D eigenvalue weighted by Crippen LogP contribution is -2.96. The van der Waals surface area contributed by atoms with Gasteiger partial charge in [-0.05, 0) is 72.3 Å². The van der Waals surface area contributed by atoms with E-state index in [1.54, 1.807) is 7.11 Å². The van der Waals surface area contributed by atoms with Crippen molar-refractivity contribution in [3.8, 4) is 0 Å². The van der Waals surface area contributed by atoms with Gasteiger partial charge in [-0.3, -0.25) is 9.59 Å². The molecule has 0 bridgehead atoms. The van der Waals surface area contributed by atoms with Crippen LogP contribution in [-0.4, -0.2) is 50.1 Å². The molecule has 1 aromatic rings. The Bertz CT molecular complexity index is 1350. The molecule has 0 unspecified atom stereocenters. The number of ether oxygens (including phenoxy) is 4. The Labute approximate surface area is 263 Å². The molecule has 0 spiro atoms. The van der Waals surface area contributed by atoms with Crippen LogP contribution in [0.1, 0.15) is 103 Å². The second-order valence-electron chi connectivity index (χ2n) is 16.8. The zero-order chi connectivity index (χ0) is 30.9. The van der Waals surface area contributed by atoms with Gasteiger partial charge in [0, 0.05) is 30.3 Å². The fraction of sp³-hybridized carbons (Fsp3) is 0.789. The van der Waals surface area contributed by atoms with Crippen molar-refractivity contribution in [2.75, 3.05) is 13.7 Å². The van der Waals surface area contributed by atoms with Gasteiger partial charge >= 0.3 is 11.9 Å². The van der Waals surface area contributed by atoms with Crippen molar-refractivity contribution in [2.24, 2.45) is 57.7 Å². The van der Waals surface area contributed by atoms with Gasteiger partial charge in [0.2, 0.25) is 0 Å². The maximum Gasteiger partial charge on any atom is 0.315 e. The summed E-state index contributed by atoms with van der Waals surface area (Å²) in [6.45, 7) is 13.9. The minimum absolute atomic E-state index is 0.0840. The van der Waals surface area contributed by atoms with Crippen LogP contribution in [0.2, 0.25) is 0 Å². The minimum Gasteiger partial charge on any atom is -0.462 e. The van der Waals surface area contributed by atoms with E-state index in [2.05, 4.69) is 65.8 Å². The standard InChI is InChI=1S/C38H52O6/c1-19(2)23-14-12-21(5)16-27(23)42-34(39)37-29-25-10-8-9-11-26(25)30-33-36(18-41-7,32(37)31(29)44-33)38(30,37)35(40)43-28-17-22(6)13-15-24(28)20(3)4/h8-11,19-24,27-33H,12-18H2,1-7H3/t21-,22-,23+,24+,27-,28-,29-,30+,31+,32-,33-,36-,37-,38-/m1/s1. The fourth-order valence-corrected chi connectivity index (χ4v) is 12.7. The van der Waals surface area contributed by atoms with Gasteiger partial charge in [-0.2, -0.15) is 0 Å². The van der Waals surface area contributed by atoms with Gasteiger partial charge in [0.1, 0.15) is 23.0 Å². The van der Waals surface area contributed by atoms with Crippen LogP contribution in [0.4, 0.5) is 0 Å². The molecule has 1 heterocycles. The zero-order valence-corrected chi connectivity index (χ0v) is 27.7. The SMILES string of the molecule is COC[C@@]12[C@@H]3O[C@H]4[C@H]5c6ccccc6[C@@H]3[C@]1(C(=O)O[C@@H]1C[C@H](C)CC[C@H]1C(C)C)[C@@]5(C(=O)O[C@@H]1C[C@H](C)CC[C@H]1C(C)C)[C@H]42. The van der Waals surface area contributed by atoms with E-state index in [4.69, 9.17) is 18.9 Å². The summed E-state index contributed by atoms with van der Waals surface area (Å²) in [6.07, 6.45) is 5.75. The van der Waals surface area contributed by atoms with Crippen LogP contribution in [-0.2, 0) is 28.5 Å². The molecule has 7 aliphatic rings. The first-order chi connectivity index (χ1) is 21.1. The lowest BCUT2D eigenvalue weighted by Gasteiger charge is -2.87. The number of carbonyl (C=O) groups is 2. The molecule has 0 radical (unpaired) electrons. The largest absolute Gasteiger partial charge is 0.462 e. The number of rotatable bonds is 8. The third kappa shape index (κ3) is 3.16.